The summed E-state index contributed by atoms with van der Waals surface area (Å²) in [5.74, 6) is 2.80. The Morgan fingerprint density at radius 3 is 2.69 bits per heavy atom. The topological polar surface area (TPSA) is 104 Å². The maximum Gasteiger partial charge on any atom is 0.232 e. The van der Waals surface area contributed by atoms with Crippen molar-refractivity contribution in [1.29, 1.82) is 0 Å². The quantitative estimate of drug-likeness (QED) is 0.502. The lowest BCUT2D eigenvalue weighted by atomic mass is 9.90. The molecule has 2 aliphatic heterocycles. The number of hydrogen-bond donors (Lipinski definition) is 2. The van der Waals surface area contributed by atoms with Crippen LogP contribution in [0.3, 0.4) is 0 Å². The van der Waals surface area contributed by atoms with Gasteiger partial charge in [-0.15, -0.1) is 0 Å². The molecule has 1 saturated heterocycles. The molecule has 2 aromatic heterocycles. The highest BCUT2D eigenvalue weighted by atomic mass is 16.5. The number of aryl methyl sites for hydroxylation is 1. The number of likely N-dealkylation sites (N-methyl/N-ethyl adjacent to an activating group) is 1. The van der Waals surface area contributed by atoms with Gasteiger partial charge in [0.25, 0.3) is 0 Å². The van der Waals surface area contributed by atoms with Crippen molar-refractivity contribution in [2.45, 2.75) is 78.4 Å². The summed E-state index contributed by atoms with van der Waals surface area (Å²) in [4.78, 5) is 28.4. The van der Waals surface area contributed by atoms with Gasteiger partial charge in [-0.3, -0.25) is 0 Å². The van der Waals surface area contributed by atoms with E-state index < -0.39 is 0 Å². The van der Waals surface area contributed by atoms with E-state index in [2.05, 4.69) is 65.1 Å². The maximum absolute atomic E-state index is 5.19. The molecule has 0 bridgehead atoms. The van der Waals surface area contributed by atoms with E-state index in [-0.39, 0.29) is 5.41 Å². The van der Waals surface area contributed by atoms with Gasteiger partial charge in [0.2, 0.25) is 17.8 Å². The predicted molar refractivity (Wildman–Crippen MR) is 143 cm³/mol. The number of nitrogens with zero attached hydrogens (tertiary/aromatic N) is 7. The van der Waals surface area contributed by atoms with Crippen LogP contribution in [0.2, 0.25) is 0 Å². The fraction of sp³-hybridized carbons (Fsp3) is 0.731. The normalized spacial score (nSPS) is 20.8. The molecule has 4 rings (SSSR count). The lowest BCUT2D eigenvalue weighted by Crippen LogP contribution is -2.47. The van der Waals surface area contributed by atoms with E-state index in [1.165, 1.54) is 0 Å². The third kappa shape index (κ3) is 7.00. The van der Waals surface area contributed by atoms with E-state index in [0.717, 1.165) is 62.3 Å². The summed E-state index contributed by atoms with van der Waals surface area (Å²) < 4.78 is 5.19. The SMILES string of the molecule is COCCNc1nc(NC2CCCN(C)C2C)nc(N2CCc3nc(CCC(C)(C)C)ncc3C2)n1. The largest absolute Gasteiger partial charge is 0.383 e. The molecular formula is C26H43N9O. The molecular weight excluding hydrogens is 454 g/mol. The molecule has 0 aromatic carbocycles. The lowest BCUT2D eigenvalue weighted by molar-refractivity contribution is 0.184. The van der Waals surface area contributed by atoms with Crippen molar-refractivity contribution in [3.63, 3.8) is 0 Å². The smallest absolute Gasteiger partial charge is 0.232 e. The monoisotopic (exact) mass is 497 g/mol. The van der Waals surface area contributed by atoms with Crippen molar-refractivity contribution >= 4 is 17.8 Å². The first kappa shape index (κ1) is 26.5. The fourth-order valence-electron chi connectivity index (χ4n) is 4.72. The van der Waals surface area contributed by atoms with Crippen LogP contribution >= 0.6 is 0 Å². The third-order valence-corrected chi connectivity index (χ3v) is 7.20. The van der Waals surface area contributed by atoms with Crippen molar-refractivity contribution < 1.29 is 4.74 Å². The molecule has 198 valence electrons. The maximum atomic E-state index is 5.19. The molecule has 0 amide bonds. The number of methoxy groups -OCH3 is 1. The van der Waals surface area contributed by atoms with Gasteiger partial charge in [-0.05, 0) is 45.2 Å². The molecule has 0 radical (unpaired) electrons. The van der Waals surface area contributed by atoms with E-state index in [9.17, 15) is 0 Å². The number of aromatic nitrogens is 5. The molecule has 10 heteroatoms. The molecule has 10 nitrogen and oxygen atoms in total. The highest BCUT2D eigenvalue weighted by molar-refractivity contribution is 5.46. The number of hydrogen-bond acceptors (Lipinski definition) is 10. The minimum Gasteiger partial charge on any atom is -0.383 e. The molecule has 2 atom stereocenters. The molecule has 1 fully saturated rings. The van der Waals surface area contributed by atoms with Gasteiger partial charge < -0.3 is 25.2 Å². The average Bonchev–Trinajstić information content (AvgIpc) is 2.85. The number of piperidine rings is 1. The Labute approximate surface area is 215 Å². The van der Waals surface area contributed by atoms with E-state index in [1.54, 1.807) is 7.11 Å². The van der Waals surface area contributed by atoms with Gasteiger partial charge in [0, 0.05) is 63.4 Å². The molecule has 2 aliphatic rings. The molecule has 2 unspecified atom stereocenters. The van der Waals surface area contributed by atoms with Crippen molar-refractivity contribution in [3.8, 4) is 0 Å². The molecule has 4 heterocycles. The number of nitrogens with one attached hydrogen (secondary N) is 2. The summed E-state index contributed by atoms with van der Waals surface area (Å²) in [6, 6.07) is 0.711. The summed E-state index contributed by atoms with van der Waals surface area (Å²) in [5.41, 5.74) is 2.57. The summed E-state index contributed by atoms with van der Waals surface area (Å²) in [6.45, 7) is 12.9. The number of fused-ring (bicyclic) bond motifs is 1. The molecule has 0 saturated carbocycles. The van der Waals surface area contributed by atoms with Gasteiger partial charge in [-0.2, -0.15) is 15.0 Å². The van der Waals surface area contributed by atoms with Crippen LogP contribution in [0.1, 0.15) is 64.0 Å². The van der Waals surface area contributed by atoms with Crippen molar-refractivity contribution in [2.24, 2.45) is 5.41 Å². The first-order valence-corrected chi connectivity index (χ1v) is 13.3. The van der Waals surface area contributed by atoms with Crippen LogP contribution in [0.5, 0.6) is 0 Å². The van der Waals surface area contributed by atoms with Crippen LogP contribution in [0.15, 0.2) is 6.20 Å². The zero-order valence-corrected chi connectivity index (χ0v) is 22.8. The van der Waals surface area contributed by atoms with Crippen LogP contribution in [0, 0.1) is 5.41 Å². The van der Waals surface area contributed by atoms with Gasteiger partial charge in [0.1, 0.15) is 5.82 Å². The second-order valence-electron chi connectivity index (χ2n) is 11.3. The predicted octanol–water partition coefficient (Wildman–Crippen LogP) is 3.16. The summed E-state index contributed by atoms with van der Waals surface area (Å²) in [5, 5.41) is 6.88. The standard InChI is InChI=1S/C26H43N9O/c1-18-20(8-7-13-34(18)5)30-24-31-23(27-12-15-36-6)32-25(33-24)35-14-10-21-19(17-35)16-28-22(29-21)9-11-26(2,3)4/h16,18,20H,7-15,17H2,1-6H3,(H2,27,30,31,32,33). The Bertz CT molecular complexity index is 1010. The van der Waals surface area contributed by atoms with Crippen LogP contribution in [-0.2, 0) is 24.1 Å². The van der Waals surface area contributed by atoms with E-state index >= 15 is 0 Å². The molecule has 2 N–H and O–H groups in total. The van der Waals surface area contributed by atoms with Crippen molar-refractivity contribution in [3.05, 3.63) is 23.3 Å². The van der Waals surface area contributed by atoms with Gasteiger partial charge >= 0.3 is 0 Å². The third-order valence-electron chi connectivity index (χ3n) is 7.20. The Balaban J connectivity index is 1.51. The Kier molecular flexibility index (Phi) is 8.56. The van der Waals surface area contributed by atoms with Gasteiger partial charge in [-0.25, -0.2) is 9.97 Å². The summed E-state index contributed by atoms with van der Waals surface area (Å²) in [6.07, 6.45) is 7.10. The Morgan fingerprint density at radius 2 is 1.92 bits per heavy atom. The Hall–Kier alpha value is -2.59. The van der Waals surface area contributed by atoms with Crippen LogP contribution in [0.25, 0.3) is 0 Å². The molecule has 36 heavy (non-hydrogen) atoms. The molecule has 2 aromatic rings. The zero-order chi connectivity index (χ0) is 25.7. The van der Waals surface area contributed by atoms with E-state index in [0.29, 0.717) is 49.6 Å². The number of ether oxygens (including phenoxy) is 1. The first-order chi connectivity index (χ1) is 17.2. The van der Waals surface area contributed by atoms with E-state index in [4.69, 9.17) is 19.7 Å². The minimum atomic E-state index is 0.278. The number of likely N-dealkylation sites (tertiary alicyclic amines) is 1. The lowest BCUT2D eigenvalue weighted by Gasteiger charge is -2.37. The average molecular weight is 498 g/mol. The highest BCUT2D eigenvalue weighted by Crippen LogP contribution is 2.25. The fourth-order valence-corrected chi connectivity index (χ4v) is 4.72. The number of anilines is 3. The van der Waals surface area contributed by atoms with Crippen LogP contribution in [-0.4, -0.2) is 82.3 Å². The van der Waals surface area contributed by atoms with Gasteiger partial charge in [0.05, 0.1) is 12.3 Å². The molecule has 0 spiro atoms. The van der Waals surface area contributed by atoms with Gasteiger partial charge in [-0.1, -0.05) is 20.8 Å². The zero-order valence-electron chi connectivity index (χ0n) is 22.8. The highest BCUT2D eigenvalue weighted by Gasteiger charge is 2.27. The minimum absolute atomic E-state index is 0.278. The Morgan fingerprint density at radius 1 is 1.11 bits per heavy atom. The first-order valence-electron chi connectivity index (χ1n) is 13.3. The van der Waals surface area contributed by atoms with Crippen molar-refractivity contribution in [1.82, 2.24) is 29.8 Å². The van der Waals surface area contributed by atoms with Crippen molar-refractivity contribution in [2.75, 3.05) is 55.9 Å². The molecule has 0 aliphatic carbocycles. The van der Waals surface area contributed by atoms with Gasteiger partial charge in [0.15, 0.2) is 0 Å². The second-order valence-corrected chi connectivity index (χ2v) is 11.3. The summed E-state index contributed by atoms with van der Waals surface area (Å²) >= 11 is 0. The van der Waals surface area contributed by atoms with Crippen LogP contribution < -0.4 is 15.5 Å². The van der Waals surface area contributed by atoms with E-state index in [1.807, 2.05) is 6.20 Å². The summed E-state index contributed by atoms with van der Waals surface area (Å²) in [7, 11) is 3.87. The number of rotatable bonds is 9. The van der Waals surface area contributed by atoms with Crippen LogP contribution in [0.4, 0.5) is 17.8 Å². The second kappa shape index (κ2) is 11.6.